The van der Waals surface area contributed by atoms with E-state index in [0.717, 1.165) is 18.5 Å². The van der Waals surface area contributed by atoms with Gasteiger partial charge >= 0.3 is 0 Å². The molecule has 20 heavy (non-hydrogen) atoms. The Morgan fingerprint density at radius 3 is 2.85 bits per heavy atom. The Balaban J connectivity index is 2.24. The molecule has 0 atom stereocenters. The Labute approximate surface area is 123 Å². The van der Waals surface area contributed by atoms with Crippen LogP contribution in [0.1, 0.15) is 18.9 Å². The fourth-order valence-corrected chi connectivity index (χ4v) is 1.80. The van der Waals surface area contributed by atoms with Gasteiger partial charge in [-0.3, -0.25) is 0 Å². The van der Waals surface area contributed by atoms with Gasteiger partial charge in [-0.1, -0.05) is 24.6 Å². The summed E-state index contributed by atoms with van der Waals surface area (Å²) in [5.41, 5.74) is 6.65. The third-order valence-corrected chi connectivity index (χ3v) is 2.88. The number of hydrogen-bond donors (Lipinski definition) is 2. The van der Waals surface area contributed by atoms with Crippen LogP contribution < -0.4 is 15.8 Å². The van der Waals surface area contributed by atoms with Gasteiger partial charge in [0, 0.05) is 17.6 Å². The van der Waals surface area contributed by atoms with Gasteiger partial charge in [0.15, 0.2) is 0 Å². The monoisotopic (exact) mass is 292 g/mol. The first-order chi connectivity index (χ1) is 9.58. The molecule has 0 saturated heterocycles. The minimum absolute atomic E-state index is 0.167. The Morgan fingerprint density at radius 1 is 1.30 bits per heavy atom. The number of aryl methyl sites for hydroxylation is 1. The average molecular weight is 293 g/mol. The Morgan fingerprint density at radius 2 is 2.10 bits per heavy atom. The van der Waals surface area contributed by atoms with Crippen LogP contribution in [-0.4, -0.2) is 16.5 Å². The van der Waals surface area contributed by atoms with Crippen molar-refractivity contribution in [3.05, 3.63) is 34.9 Å². The quantitative estimate of drug-likeness (QED) is 0.880. The van der Waals surface area contributed by atoms with Crippen molar-refractivity contribution < 1.29 is 4.74 Å². The molecule has 1 heterocycles. The van der Waals surface area contributed by atoms with E-state index >= 15 is 0 Å². The summed E-state index contributed by atoms with van der Waals surface area (Å²) >= 11 is 5.96. The topological polar surface area (TPSA) is 73.1 Å². The number of ether oxygens (including phenoxy) is 1. The minimum Gasteiger partial charge on any atom is -0.438 e. The molecule has 5 nitrogen and oxygen atoms in total. The van der Waals surface area contributed by atoms with Gasteiger partial charge in [-0.15, -0.1) is 0 Å². The molecule has 6 heteroatoms. The van der Waals surface area contributed by atoms with Gasteiger partial charge in [0.05, 0.1) is 0 Å². The fraction of sp³-hybridized carbons (Fsp3) is 0.286. The van der Waals surface area contributed by atoms with Gasteiger partial charge in [-0.25, -0.2) is 0 Å². The molecule has 0 bridgehead atoms. The van der Waals surface area contributed by atoms with Crippen molar-refractivity contribution in [2.24, 2.45) is 0 Å². The number of nitrogens with two attached hydrogens (primary N) is 1. The van der Waals surface area contributed by atoms with E-state index in [1.807, 2.05) is 19.1 Å². The second-order valence-electron chi connectivity index (χ2n) is 4.39. The molecule has 0 unspecified atom stereocenters. The number of anilines is 2. The maximum atomic E-state index is 5.96. The van der Waals surface area contributed by atoms with Crippen LogP contribution in [0.5, 0.6) is 11.6 Å². The Hall–Kier alpha value is -2.01. The highest BCUT2D eigenvalue weighted by Gasteiger charge is 2.07. The van der Waals surface area contributed by atoms with E-state index < -0.39 is 0 Å². The molecule has 0 amide bonds. The molecule has 0 aliphatic heterocycles. The number of halogens is 1. The largest absolute Gasteiger partial charge is 0.438 e. The Bertz CT molecular complexity index is 604. The molecular weight excluding hydrogens is 276 g/mol. The summed E-state index contributed by atoms with van der Waals surface area (Å²) in [4.78, 5) is 8.17. The molecular formula is C14H17ClN4O. The van der Waals surface area contributed by atoms with Gasteiger partial charge in [-0.2, -0.15) is 9.97 Å². The van der Waals surface area contributed by atoms with Gasteiger partial charge in [-0.05, 0) is 31.0 Å². The number of nitrogens with one attached hydrogen (secondary N) is 1. The highest BCUT2D eigenvalue weighted by atomic mass is 35.5. The number of rotatable bonds is 5. The Kier molecular flexibility index (Phi) is 4.63. The number of nitrogens with zero attached hydrogens (tertiary/aromatic N) is 2. The van der Waals surface area contributed by atoms with E-state index in [1.54, 1.807) is 12.1 Å². The normalized spacial score (nSPS) is 10.3. The zero-order valence-electron chi connectivity index (χ0n) is 11.5. The molecule has 0 radical (unpaired) electrons. The summed E-state index contributed by atoms with van der Waals surface area (Å²) in [6.07, 6.45) is 0.994. The van der Waals surface area contributed by atoms with E-state index in [9.17, 15) is 0 Å². The van der Waals surface area contributed by atoms with E-state index in [0.29, 0.717) is 22.5 Å². The summed E-state index contributed by atoms with van der Waals surface area (Å²) in [7, 11) is 0. The summed E-state index contributed by atoms with van der Waals surface area (Å²) in [6, 6.07) is 7.16. The first-order valence-electron chi connectivity index (χ1n) is 6.41. The van der Waals surface area contributed by atoms with Crippen molar-refractivity contribution >= 4 is 23.4 Å². The molecule has 2 aromatic rings. The number of nitrogen functional groups attached to an aromatic ring is 1. The first-order valence-corrected chi connectivity index (χ1v) is 6.78. The first kappa shape index (κ1) is 14.4. The van der Waals surface area contributed by atoms with Crippen LogP contribution in [0.3, 0.4) is 0 Å². The van der Waals surface area contributed by atoms with Crippen molar-refractivity contribution in [3.63, 3.8) is 0 Å². The third kappa shape index (κ3) is 3.74. The van der Waals surface area contributed by atoms with Crippen molar-refractivity contribution in [1.82, 2.24) is 9.97 Å². The lowest BCUT2D eigenvalue weighted by Gasteiger charge is -2.10. The molecule has 0 aliphatic carbocycles. The van der Waals surface area contributed by atoms with E-state index in [1.165, 1.54) is 0 Å². The van der Waals surface area contributed by atoms with E-state index in [-0.39, 0.29) is 5.95 Å². The third-order valence-electron chi connectivity index (χ3n) is 2.64. The van der Waals surface area contributed by atoms with E-state index in [2.05, 4.69) is 22.2 Å². The zero-order valence-corrected chi connectivity index (χ0v) is 12.2. The molecule has 1 aromatic heterocycles. The van der Waals surface area contributed by atoms with Crippen LogP contribution in [0.2, 0.25) is 5.02 Å². The standard InChI is InChI=1S/C14H17ClN4O/c1-3-6-17-12-8-13(19-14(16)18-12)20-11-7-10(15)5-4-9(11)2/h4-5,7-8H,3,6H2,1-2H3,(H3,16,17,18,19). The molecule has 106 valence electrons. The summed E-state index contributed by atoms with van der Waals surface area (Å²) in [5.74, 6) is 1.85. The number of hydrogen-bond acceptors (Lipinski definition) is 5. The van der Waals surface area contributed by atoms with Crippen LogP contribution in [-0.2, 0) is 0 Å². The molecule has 0 fully saturated rings. The minimum atomic E-state index is 0.167. The van der Waals surface area contributed by atoms with Gasteiger partial charge < -0.3 is 15.8 Å². The molecule has 2 rings (SSSR count). The SMILES string of the molecule is CCCNc1cc(Oc2cc(Cl)ccc2C)nc(N)n1. The number of aromatic nitrogens is 2. The van der Waals surface area contributed by atoms with Gasteiger partial charge in [0.1, 0.15) is 11.6 Å². The highest BCUT2D eigenvalue weighted by molar-refractivity contribution is 6.30. The zero-order chi connectivity index (χ0) is 14.5. The average Bonchev–Trinajstić information content (AvgIpc) is 2.40. The van der Waals surface area contributed by atoms with Crippen molar-refractivity contribution in [2.45, 2.75) is 20.3 Å². The fourth-order valence-electron chi connectivity index (χ4n) is 1.64. The van der Waals surface area contributed by atoms with Gasteiger partial charge in [0.25, 0.3) is 0 Å². The van der Waals surface area contributed by atoms with Crippen LogP contribution in [0.15, 0.2) is 24.3 Å². The highest BCUT2D eigenvalue weighted by Crippen LogP contribution is 2.28. The van der Waals surface area contributed by atoms with Gasteiger partial charge in [0.2, 0.25) is 11.8 Å². The lowest BCUT2D eigenvalue weighted by atomic mass is 10.2. The van der Waals surface area contributed by atoms with Crippen molar-refractivity contribution in [3.8, 4) is 11.6 Å². The predicted molar refractivity (Wildman–Crippen MR) is 81.5 cm³/mol. The maximum absolute atomic E-state index is 5.96. The second-order valence-corrected chi connectivity index (χ2v) is 4.82. The summed E-state index contributed by atoms with van der Waals surface area (Å²) in [6.45, 7) is 4.82. The van der Waals surface area contributed by atoms with Crippen LogP contribution >= 0.6 is 11.6 Å². The van der Waals surface area contributed by atoms with E-state index in [4.69, 9.17) is 22.1 Å². The molecule has 0 aliphatic rings. The summed E-state index contributed by atoms with van der Waals surface area (Å²) in [5, 5.41) is 3.76. The molecule has 1 aromatic carbocycles. The van der Waals surface area contributed by atoms with Crippen LogP contribution in [0.4, 0.5) is 11.8 Å². The van der Waals surface area contributed by atoms with Crippen LogP contribution in [0, 0.1) is 6.92 Å². The molecule has 0 saturated carbocycles. The summed E-state index contributed by atoms with van der Waals surface area (Å²) < 4.78 is 5.74. The molecule has 3 N–H and O–H groups in total. The molecule has 0 spiro atoms. The second kappa shape index (κ2) is 6.43. The van der Waals surface area contributed by atoms with Crippen molar-refractivity contribution in [2.75, 3.05) is 17.6 Å². The van der Waals surface area contributed by atoms with Crippen molar-refractivity contribution in [1.29, 1.82) is 0 Å². The predicted octanol–water partition coefficient (Wildman–Crippen LogP) is 3.63. The van der Waals surface area contributed by atoms with Crippen LogP contribution in [0.25, 0.3) is 0 Å². The lowest BCUT2D eigenvalue weighted by molar-refractivity contribution is 0.459. The lowest BCUT2D eigenvalue weighted by Crippen LogP contribution is -2.05. The smallest absolute Gasteiger partial charge is 0.226 e. The number of benzene rings is 1. The maximum Gasteiger partial charge on any atom is 0.226 e.